The fourth-order valence-corrected chi connectivity index (χ4v) is 1.97. The molecule has 124 valence electrons. The number of methoxy groups -OCH3 is 1. The Kier molecular flexibility index (Phi) is 8.39. The number of aromatic nitrogens is 1. The van der Waals surface area contributed by atoms with E-state index in [1.54, 1.807) is 20.4 Å². The second-order valence-corrected chi connectivity index (χ2v) is 4.97. The number of hydrogen-bond acceptors (Lipinski definition) is 3. The van der Waals surface area contributed by atoms with E-state index in [0.29, 0.717) is 12.4 Å². The Hall–Kier alpha value is -1.83. The molecule has 0 aliphatic heterocycles. The zero-order valence-corrected chi connectivity index (χ0v) is 16.0. The lowest BCUT2D eigenvalue weighted by atomic mass is 10.1. The third-order valence-corrected chi connectivity index (χ3v) is 3.27. The van der Waals surface area contributed by atoms with E-state index >= 15 is 0 Å². The van der Waals surface area contributed by atoms with Crippen LogP contribution in [0.25, 0.3) is 0 Å². The number of aliphatic imine (C=N–C) groups is 1. The van der Waals surface area contributed by atoms with Gasteiger partial charge in [-0.2, -0.15) is 0 Å². The van der Waals surface area contributed by atoms with Crippen molar-refractivity contribution >= 4 is 29.9 Å². The summed E-state index contributed by atoms with van der Waals surface area (Å²) in [5.41, 5.74) is 3.57. The molecule has 0 amide bonds. The minimum absolute atomic E-state index is 0. The van der Waals surface area contributed by atoms with Crippen LogP contribution in [0.3, 0.4) is 0 Å². The van der Waals surface area contributed by atoms with Crippen molar-refractivity contribution < 1.29 is 4.74 Å². The lowest BCUT2D eigenvalue weighted by Gasteiger charge is -2.12. The van der Waals surface area contributed by atoms with Gasteiger partial charge in [0.05, 0.1) is 7.11 Å². The summed E-state index contributed by atoms with van der Waals surface area (Å²) in [4.78, 5) is 8.32. The van der Waals surface area contributed by atoms with Crippen LogP contribution in [0.2, 0.25) is 0 Å². The number of halogens is 1. The highest BCUT2D eigenvalue weighted by atomic mass is 127. The Morgan fingerprint density at radius 1 is 1.09 bits per heavy atom. The SMILES string of the molecule is CN=C(NCc1ccc(C)cc1)NCc1ccnc(OC)c1.I. The number of rotatable bonds is 5. The first-order chi connectivity index (χ1) is 10.7. The number of nitrogens with zero attached hydrogens (tertiary/aromatic N) is 2. The fourth-order valence-electron chi connectivity index (χ4n) is 1.97. The van der Waals surface area contributed by atoms with Crippen LogP contribution in [0.15, 0.2) is 47.6 Å². The molecule has 1 aromatic heterocycles. The van der Waals surface area contributed by atoms with Gasteiger partial charge in [0.1, 0.15) is 0 Å². The van der Waals surface area contributed by atoms with Crippen LogP contribution in [0.4, 0.5) is 0 Å². The van der Waals surface area contributed by atoms with Crippen LogP contribution in [-0.4, -0.2) is 25.1 Å². The van der Waals surface area contributed by atoms with Crippen molar-refractivity contribution in [3.8, 4) is 5.88 Å². The molecule has 0 aliphatic carbocycles. The molecule has 0 bridgehead atoms. The molecule has 1 aromatic carbocycles. The summed E-state index contributed by atoms with van der Waals surface area (Å²) < 4.78 is 5.12. The van der Waals surface area contributed by atoms with Crippen LogP contribution >= 0.6 is 24.0 Å². The van der Waals surface area contributed by atoms with Gasteiger partial charge in [0.25, 0.3) is 0 Å². The largest absolute Gasteiger partial charge is 0.481 e. The maximum absolute atomic E-state index is 5.12. The molecule has 5 nitrogen and oxygen atoms in total. The molecule has 0 unspecified atom stereocenters. The minimum atomic E-state index is 0. The molecule has 6 heteroatoms. The molecule has 0 saturated carbocycles. The van der Waals surface area contributed by atoms with E-state index < -0.39 is 0 Å². The van der Waals surface area contributed by atoms with E-state index in [2.05, 4.69) is 51.8 Å². The molecular weight excluding hydrogens is 403 g/mol. The first kappa shape index (κ1) is 19.2. The molecule has 2 rings (SSSR count). The maximum Gasteiger partial charge on any atom is 0.213 e. The van der Waals surface area contributed by atoms with E-state index in [1.807, 2.05) is 12.1 Å². The molecular formula is C17H23IN4O. The zero-order valence-electron chi connectivity index (χ0n) is 13.7. The van der Waals surface area contributed by atoms with Crippen LogP contribution in [0, 0.1) is 6.92 Å². The predicted molar refractivity (Wildman–Crippen MR) is 104 cm³/mol. The van der Waals surface area contributed by atoms with Gasteiger partial charge in [0.15, 0.2) is 5.96 Å². The predicted octanol–water partition coefficient (Wildman–Crippen LogP) is 2.88. The molecule has 0 aliphatic rings. The minimum Gasteiger partial charge on any atom is -0.481 e. The summed E-state index contributed by atoms with van der Waals surface area (Å²) in [6.45, 7) is 3.48. The standard InChI is InChI=1S/C17H22N4O.HI/c1-13-4-6-14(7-5-13)11-20-17(18-2)21-12-15-8-9-19-16(10-15)22-3;/h4-10H,11-12H2,1-3H3,(H2,18,20,21);1H. The highest BCUT2D eigenvalue weighted by molar-refractivity contribution is 14.0. The van der Waals surface area contributed by atoms with Gasteiger partial charge in [-0.15, -0.1) is 24.0 Å². The van der Waals surface area contributed by atoms with Crippen LogP contribution < -0.4 is 15.4 Å². The molecule has 0 spiro atoms. The van der Waals surface area contributed by atoms with E-state index in [4.69, 9.17) is 4.74 Å². The first-order valence-corrected chi connectivity index (χ1v) is 7.20. The van der Waals surface area contributed by atoms with E-state index in [-0.39, 0.29) is 24.0 Å². The van der Waals surface area contributed by atoms with Gasteiger partial charge in [-0.25, -0.2) is 4.98 Å². The number of guanidine groups is 1. The Labute approximate surface area is 154 Å². The summed E-state index contributed by atoms with van der Waals surface area (Å²) in [7, 11) is 3.37. The first-order valence-electron chi connectivity index (χ1n) is 7.20. The maximum atomic E-state index is 5.12. The summed E-state index contributed by atoms with van der Waals surface area (Å²) in [6.07, 6.45) is 1.73. The molecule has 23 heavy (non-hydrogen) atoms. The Balaban J connectivity index is 0.00000264. The summed E-state index contributed by atoms with van der Waals surface area (Å²) >= 11 is 0. The molecule has 0 fully saturated rings. The number of ether oxygens (including phenoxy) is 1. The Bertz CT molecular complexity index is 629. The summed E-state index contributed by atoms with van der Waals surface area (Å²) in [5, 5.41) is 6.57. The smallest absolute Gasteiger partial charge is 0.213 e. The third-order valence-electron chi connectivity index (χ3n) is 3.27. The highest BCUT2D eigenvalue weighted by Gasteiger charge is 2.01. The van der Waals surface area contributed by atoms with Crippen molar-refractivity contribution in [1.29, 1.82) is 0 Å². The number of hydrogen-bond donors (Lipinski definition) is 2. The van der Waals surface area contributed by atoms with Gasteiger partial charge in [-0.3, -0.25) is 4.99 Å². The lowest BCUT2D eigenvalue weighted by Crippen LogP contribution is -2.36. The normalized spacial score (nSPS) is 10.7. The Morgan fingerprint density at radius 2 is 1.74 bits per heavy atom. The van der Waals surface area contributed by atoms with Gasteiger partial charge in [0.2, 0.25) is 5.88 Å². The van der Waals surface area contributed by atoms with Crippen molar-refractivity contribution in [2.75, 3.05) is 14.2 Å². The molecule has 0 radical (unpaired) electrons. The van der Waals surface area contributed by atoms with E-state index in [9.17, 15) is 0 Å². The molecule has 0 saturated heterocycles. The zero-order chi connectivity index (χ0) is 15.8. The number of aryl methyl sites for hydroxylation is 1. The van der Waals surface area contributed by atoms with E-state index in [1.165, 1.54) is 11.1 Å². The van der Waals surface area contributed by atoms with Crippen molar-refractivity contribution in [2.24, 2.45) is 4.99 Å². The average molecular weight is 426 g/mol. The summed E-state index contributed by atoms with van der Waals surface area (Å²) in [5.74, 6) is 1.37. The second kappa shape index (κ2) is 10.0. The van der Waals surface area contributed by atoms with Crippen molar-refractivity contribution in [1.82, 2.24) is 15.6 Å². The third kappa shape index (κ3) is 6.43. The number of pyridine rings is 1. The van der Waals surface area contributed by atoms with Gasteiger partial charge < -0.3 is 15.4 Å². The highest BCUT2D eigenvalue weighted by Crippen LogP contribution is 2.08. The summed E-state index contributed by atoms with van der Waals surface area (Å²) in [6, 6.07) is 12.3. The van der Waals surface area contributed by atoms with Crippen molar-refractivity contribution in [2.45, 2.75) is 20.0 Å². The van der Waals surface area contributed by atoms with Crippen LogP contribution in [-0.2, 0) is 13.1 Å². The van der Waals surface area contributed by atoms with Gasteiger partial charge in [-0.05, 0) is 24.1 Å². The quantitative estimate of drug-likeness (QED) is 0.439. The molecule has 1 heterocycles. The van der Waals surface area contributed by atoms with E-state index in [0.717, 1.165) is 18.1 Å². The van der Waals surface area contributed by atoms with Crippen molar-refractivity contribution in [3.63, 3.8) is 0 Å². The number of benzene rings is 1. The van der Waals surface area contributed by atoms with Gasteiger partial charge in [0, 0.05) is 32.4 Å². The van der Waals surface area contributed by atoms with Crippen LogP contribution in [0.5, 0.6) is 5.88 Å². The number of nitrogens with one attached hydrogen (secondary N) is 2. The molecule has 2 N–H and O–H groups in total. The van der Waals surface area contributed by atoms with Gasteiger partial charge in [-0.1, -0.05) is 29.8 Å². The van der Waals surface area contributed by atoms with Gasteiger partial charge >= 0.3 is 0 Å². The van der Waals surface area contributed by atoms with Crippen LogP contribution in [0.1, 0.15) is 16.7 Å². The Morgan fingerprint density at radius 3 is 2.35 bits per heavy atom. The lowest BCUT2D eigenvalue weighted by molar-refractivity contribution is 0.397. The monoisotopic (exact) mass is 426 g/mol. The van der Waals surface area contributed by atoms with Crippen molar-refractivity contribution in [3.05, 3.63) is 59.3 Å². The molecule has 2 aromatic rings. The topological polar surface area (TPSA) is 58.5 Å². The fraction of sp³-hybridized carbons (Fsp3) is 0.294. The second-order valence-electron chi connectivity index (χ2n) is 4.97. The molecule has 0 atom stereocenters. The average Bonchev–Trinajstić information content (AvgIpc) is 2.57.